The number of halogens is 5. The molecule has 2 aromatic carbocycles. The zero-order valence-corrected chi connectivity index (χ0v) is 16.2. The van der Waals surface area contributed by atoms with Crippen molar-refractivity contribution < 1.29 is 13.2 Å². The van der Waals surface area contributed by atoms with Gasteiger partial charge in [-0.15, -0.1) is 0 Å². The summed E-state index contributed by atoms with van der Waals surface area (Å²) < 4.78 is 42.5. The highest BCUT2D eigenvalue weighted by molar-refractivity contribution is 9.10. The van der Waals surface area contributed by atoms with Gasteiger partial charge in [0.05, 0.1) is 11.3 Å². The molecule has 0 unspecified atom stereocenters. The number of hydrogen-bond acceptors (Lipinski definition) is 2. The van der Waals surface area contributed by atoms with Crippen LogP contribution in [0.1, 0.15) is 5.69 Å². The number of aromatic amines is 1. The molecule has 28 heavy (non-hydrogen) atoms. The Bertz CT molecular complexity index is 1250. The highest BCUT2D eigenvalue weighted by Crippen LogP contribution is 2.39. The summed E-state index contributed by atoms with van der Waals surface area (Å²) in [7, 11) is 0. The second kappa shape index (κ2) is 6.79. The smallest absolute Gasteiger partial charge is 0.284 e. The van der Waals surface area contributed by atoms with E-state index in [1.165, 1.54) is 30.3 Å². The van der Waals surface area contributed by atoms with Gasteiger partial charge in [-0.2, -0.15) is 13.2 Å². The van der Waals surface area contributed by atoms with E-state index in [2.05, 4.69) is 26.0 Å². The number of benzene rings is 2. The number of H-pyrrole nitrogens is 1. The van der Waals surface area contributed by atoms with Crippen molar-refractivity contribution in [2.24, 2.45) is 0 Å². The van der Waals surface area contributed by atoms with Crippen LogP contribution in [-0.4, -0.2) is 14.6 Å². The lowest BCUT2D eigenvalue weighted by atomic mass is 10.1. The van der Waals surface area contributed by atoms with Crippen molar-refractivity contribution in [1.29, 1.82) is 0 Å². The van der Waals surface area contributed by atoms with Crippen molar-refractivity contribution in [3.63, 3.8) is 0 Å². The summed E-state index contributed by atoms with van der Waals surface area (Å²) in [4.78, 5) is 16.9. The van der Waals surface area contributed by atoms with Gasteiger partial charge in [0.1, 0.15) is 5.69 Å². The van der Waals surface area contributed by atoms with Gasteiger partial charge in [0.25, 0.3) is 5.56 Å². The molecule has 0 saturated carbocycles. The van der Waals surface area contributed by atoms with Crippen LogP contribution in [0.25, 0.3) is 28.0 Å². The predicted octanol–water partition coefficient (Wildman–Crippen LogP) is 5.79. The number of fused-ring (bicyclic) bond motifs is 1. The number of nitrogens with one attached hydrogen (secondary N) is 1. The molecule has 0 saturated heterocycles. The second-order valence-corrected chi connectivity index (χ2v) is 7.28. The van der Waals surface area contributed by atoms with E-state index in [9.17, 15) is 18.0 Å². The molecule has 4 aromatic rings. The van der Waals surface area contributed by atoms with Gasteiger partial charge in [0, 0.05) is 21.1 Å². The molecule has 0 amide bonds. The Balaban J connectivity index is 2.08. The van der Waals surface area contributed by atoms with E-state index in [-0.39, 0.29) is 22.5 Å². The second-order valence-electron chi connectivity index (χ2n) is 5.98. The Morgan fingerprint density at radius 1 is 1.07 bits per heavy atom. The monoisotopic (exact) mass is 467 g/mol. The van der Waals surface area contributed by atoms with E-state index < -0.39 is 17.4 Å². The summed E-state index contributed by atoms with van der Waals surface area (Å²) in [5.41, 5.74) is -0.931. The topological polar surface area (TPSA) is 50.2 Å². The van der Waals surface area contributed by atoms with Crippen molar-refractivity contribution in [2.75, 3.05) is 0 Å². The normalized spacial score (nSPS) is 11.9. The Kier molecular flexibility index (Phi) is 4.55. The fourth-order valence-corrected chi connectivity index (χ4v) is 3.55. The summed E-state index contributed by atoms with van der Waals surface area (Å²) in [6.45, 7) is 0. The molecule has 9 heteroatoms. The van der Waals surface area contributed by atoms with Crippen molar-refractivity contribution in [2.45, 2.75) is 6.18 Å². The Labute approximate surface area is 169 Å². The third-order valence-electron chi connectivity index (χ3n) is 4.18. The maximum Gasteiger partial charge on any atom is 0.433 e. The molecule has 4 rings (SSSR count). The third kappa shape index (κ3) is 3.22. The molecule has 2 heterocycles. The van der Waals surface area contributed by atoms with Crippen LogP contribution in [0.2, 0.25) is 5.02 Å². The Morgan fingerprint density at radius 3 is 2.39 bits per heavy atom. The summed E-state index contributed by atoms with van der Waals surface area (Å²) in [5.74, 6) is 0. The van der Waals surface area contributed by atoms with Crippen LogP contribution in [-0.2, 0) is 6.18 Å². The first-order valence-electron chi connectivity index (χ1n) is 7.99. The van der Waals surface area contributed by atoms with E-state index in [0.717, 1.165) is 4.52 Å². The first-order valence-corrected chi connectivity index (χ1v) is 9.16. The minimum absolute atomic E-state index is 0.118. The fourth-order valence-electron chi connectivity index (χ4n) is 2.94. The molecule has 142 valence electrons. The average Bonchev–Trinajstić information content (AvgIpc) is 3.03. The lowest BCUT2D eigenvalue weighted by molar-refractivity contribution is -0.140. The van der Waals surface area contributed by atoms with Gasteiger partial charge < -0.3 is 0 Å². The number of alkyl halides is 3. The Hall–Kier alpha value is -2.58. The third-order valence-corrected chi connectivity index (χ3v) is 5.13. The van der Waals surface area contributed by atoms with Crippen molar-refractivity contribution in [1.82, 2.24) is 14.6 Å². The summed E-state index contributed by atoms with van der Waals surface area (Å²) in [6.07, 6.45) is -4.71. The molecule has 0 aliphatic carbocycles. The minimum Gasteiger partial charge on any atom is -0.284 e. The quantitative estimate of drug-likeness (QED) is 0.405. The van der Waals surface area contributed by atoms with Crippen LogP contribution in [0.5, 0.6) is 0 Å². The zero-order chi connectivity index (χ0) is 20.1. The van der Waals surface area contributed by atoms with Crippen LogP contribution in [0.15, 0.2) is 63.9 Å². The van der Waals surface area contributed by atoms with Crippen molar-refractivity contribution >= 4 is 33.2 Å². The standard InChI is InChI=1S/C19H10BrClF3N3O/c20-13-4-2-1-3-12(13)14-9-15(28)27-18(25-14)16(17(26-27)19(22,23)24)10-5-7-11(21)8-6-10/h1-9,26H. The summed E-state index contributed by atoms with van der Waals surface area (Å²) in [6, 6.07) is 14.1. The predicted molar refractivity (Wildman–Crippen MR) is 104 cm³/mol. The number of aromatic nitrogens is 3. The zero-order valence-electron chi connectivity index (χ0n) is 13.9. The molecule has 0 fully saturated rings. The van der Waals surface area contributed by atoms with E-state index >= 15 is 0 Å². The van der Waals surface area contributed by atoms with Gasteiger partial charge in [-0.25, -0.2) is 9.50 Å². The van der Waals surface area contributed by atoms with Crippen LogP contribution in [0.3, 0.4) is 0 Å². The van der Waals surface area contributed by atoms with Gasteiger partial charge >= 0.3 is 6.18 Å². The summed E-state index contributed by atoms with van der Waals surface area (Å²) >= 11 is 9.24. The molecular weight excluding hydrogens is 459 g/mol. The highest BCUT2D eigenvalue weighted by atomic mass is 79.9. The lowest BCUT2D eigenvalue weighted by Crippen LogP contribution is -2.15. The molecule has 0 aliphatic heterocycles. The largest absolute Gasteiger partial charge is 0.433 e. The van der Waals surface area contributed by atoms with Gasteiger partial charge in [-0.05, 0) is 23.8 Å². The maximum absolute atomic E-state index is 13.7. The number of nitrogens with zero attached hydrogens (tertiary/aromatic N) is 2. The van der Waals surface area contributed by atoms with Crippen LogP contribution in [0.4, 0.5) is 13.2 Å². The number of rotatable bonds is 2. The Morgan fingerprint density at radius 2 is 1.75 bits per heavy atom. The van der Waals surface area contributed by atoms with E-state index in [4.69, 9.17) is 11.6 Å². The minimum atomic E-state index is -4.71. The maximum atomic E-state index is 13.7. The lowest BCUT2D eigenvalue weighted by Gasteiger charge is -2.08. The summed E-state index contributed by atoms with van der Waals surface area (Å²) in [5, 5.41) is 2.54. The highest BCUT2D eigenvalue weighted by Gasteiger charge is 2.38. The molecule has 4 nitrogen and oxygen atoms in total. The van der Waals surface area contributed by atoms with Crippen LogP contribution >= 0.6 is 27.5 Å². The first-order chi connectivity index (χ1) is 13.3. The molecule has 1 N–H and O–H groups in total. The van der Waals surface area contributed by atoms with Crippen LogP contribution in [0, 0.1) is 0 Å². The molecule has 0 bridgehead atoms. The van der Waals surface area contributed by atoms with Crippen LogP contribution < -0.4 is 5.56 Å². The van der Waals surface area contributed by atoms with Gasteiger partial charge in [-0.3, -0.25) is 9.89 Å². The fraction of sp³-hybridized carbons (Fsp3) is 0.0526. The molecule has 0 aliphatic rings. The molecule has 2 aromatic heterocycles. The van der Waals surface area contributed by atoms with Crippen molar-refractivity contribution in [3.8, 4) is 22.4 Å². The van der Waals surface area contributed by atoms with E-state index in [0.29, 0.717) is 15.1 Å². The average molecular weight is 469 g/mol. The van der Waals surface area contributed by atoms with E-state index in [1.54, 1.807) is 24.3 Å². The van der Waals surface area contributed by atoms with E-state index in [1.807, 2.05) is 0 Å². The SMILES string of the molecule is O=c1cc(-c2ccccc2Br)nc2c(-c3ccc(Cl)cc3)c(C(F)(F)F)[nH]n12. The van der Waals surface area contributed by atoms with Gasteiger partial charge in [-0.1, -0.05) is 57.9 Å². The molecule has 0 atom stereocenters. The van der Waals surface area contributed by atoms with Crippen molar-refractivity contribution in [3.05, 3.63) is 80.1 Å². The van der Waals surface area contributed by atoms with Gasteiger partial charge in [0.15, 0.2) is 5.65 Å². The molecule has 0 radical (unpaired) electrons. The van der Waals surface area contributed by atoms with Gasteiger partial charge in [0.2, 0.25) is 0 Å². The molecule has 0 spiro atoms. The number of hydrogen-bond donors (Lipinski definition) is 1. The molecular formula is C19H10BrClF3N3O. The first kappa shape index (κ1) is 18.8.